The van der Waals surface area contributed by atoms with E-state index in [0.717, 1.165) is 61.9 Å². The van der Waals surface area contributed by atoms with Crippen LogP contribution in [0.4, 0.5) is 0 Å². The lowest BCUT2D eigenvalue weighted by Crippen LogP contribution is -2.02. The lowest BCUT2D eigenvalue weighted by atomic mass is 9.99. The number of nitrogens with zero attached hydrogens (tertiary/aromatic N) is 4. The Labute approximate surface area is 328 Å². The first kappa shape index (κ1) is 31.7. The fraction of sp³-hybridized carbons (Fsp3) is 0.0192. The molecule has 0 saturated heterocycles. The Hall–Kier alpha value is -7.63. The quantitative estimate of drug-likeness (QED) is 0.177. The summed E-state index contributed by atoms with van der Waals surface area (Å²) in [6.07, 6.45) is 0.840. The fourth-order valence-corrected chi connectivity index (χ4v) is 8.90. The van der Waals surface area contributed by atoms with Crippen LogP contribution < -0.4 is 0 Å². The molecule has 0 bridgehead atoms. The molecule has 0 spiro atoms. The van der Waals surface area contributed by atoms with Crippen molar-refractivity contribution in [1.29, 1.82) is 0 Å². The van der Waals surface area contributed by atoms with E-state index < -0.39 is 0 Å². The minimum absolute atomic E-state index is 0.612. The van der Waals surface area contributed by atoms with E-state index in [-0.39, 0.29) is 0 Å². The summed E-state index contributed by atoms with van der Waals surface area (Å²) in [5, 5.41) is 4.44. The van der Waals surface area contributed by atoms with Crippen LogP contribution >= 0.6 is 0 Å². The molecule has 5 heteroatoms. The van der Waals surface area contributed by atoms with Gasteiger partial charge in [-0.15, -0.1) is 0 Å². The van der Waals surface area contributed by atoms with Crippen molar-refractivity contribution < 1.29 is 4.42 Å². The zero-order chi connectivity index (χ0) is 37.5. The Morgan fingerprint density at radius 1 is 0.404 bits per heavy atom. The van der Waals surface area contributed by atoms with Gasteiger partial charge in [-0.3, -0.25) is 0 Å². The second kappa shape index (κ2) is 12.4. The molecule has 0 atom stereocenters. The summed E-state index contributed by atoms with van der Waals surface area (Å²) < 4.78 is 8.89. The van der Waals surface area contributed by atoms with E-state index >= 15 is 0 Å². The van der Waals surface area contributed by atoms with Crippen LogP contribution in [0.25, 0.3) is 106 Å². The molecule has 0 unspecified atom stereocenters. The van der Waals surface area contributed by atoms with Crippen LogP contribution in [-0.2, 0) is 6.42 Å². The normalized spacial score (nSPS) is 12.1. The van der Waals surface area contributed by atoms with Crippen molar-refractivity contribution in [3.8, 4) is 62.1 Å². The molecule has 1 aliphatic rings. The number of benzene rings is 8. The van der Waals surface area contributed by atoms with E-state index in [9.17, 15) is 0 Å². The van der Waals surface area contributed by atoms with Crippen LogP contribution in [0.2, 0.25) is 0 Å². The first-order valence-electron chi connectivity index (χ1n) is 19.3. The summed E-state index contributed by atoms with van der Waals surface area (Å²) in [4.78, 5) is 15.6. The third-order valence-corrected chi connectivity index (χ3v) is 11.5. The van der Waals surface area contributed by atoms with Gasteiger partial charge in [-0.1, -0.05) is 133 Å². The summed E-state index contributed by atoms with van der Waals surface area (Å²) in [6, 6.07) is 64.0. The highest BCUT2D eigenvalue weighted by Crippen LogP contribution is 2.43. The summed E-state index contributed by atoms with van der Waals surface area (Å²) >= 11 is 0. The van der Waals surface area contributed by atoms with Crippen LogP contribution in [0.3, 0.4) is 0 Å². The van der Waals surface area contributed by atoms with E-state index in [1.165, 1.54) is 44.1 Å². The lowest BCUT2D eigenvalue weighted by molar-refractivity contribution is 0.669. The Bertz CT molecular complexity index is 3380. The molecule has 8 aromatic carbocycles. The van der Waals surface area contributed by atoms with E-state index in [4.69, 9.17) is 19.4 Å². The highest BCUT2D eigenvalue weighted by Gasteiger charge is 2.24. The molecular weight excluding hydrogens is 697 g/mol. The highest BCUT2D eigenvalue weighted by molar-refractivity contribution is 6.14. The third kappa shape index (κ3) is 4.99. The minimum atomic E-state index is 0.612. The molecule has 11 aromatic rings. The maximum Gasteiger partial charge on any atom is 0.164 e. The van der Waals surface area contributed by atoms with E-state index in [1.807, 2.05) is 30.3 Å². The molecule has 0 radical (unpaired) electrons. The first-order chi connectivity index (χ1) is 28.2. The van der Waals surface area contributed by atoms with Crippen LogP contribution in [-0.4, -0.2) is 19.5 Å². The second-order valence-corrected chi connectivity index (χ2v) is 14.7. The van der Waals surface area contributed by atoms with Gasteiger partial charge in [0.1, 0.15) is 11.2 Å². The Kier molecular flexibility index (Phi) is 6.92. The zero-order valence-corrected chi connectivity index (χ0v) is 30.7. The molecule has 57 heavy (non-hydrogen) atoms. The van der Waals surface area contributed by atoms with Crippen molar-refractivity contribution in [2.24, 2.45) is 0 Å². The standard InChI is InChI=1S/C52H32N4O/c1-3-13-32(14-4-1)50-53-51(40-21-11-20-38-37-18-8-7-15-35(37)31-42(38)40)55-52(54-50)41-22-12-24-48-49(41)44-30-34(26-28-47(44)57-48)33-25-27-46-43(29-33)39-19-9-10-23-45(39)56(46)36-16-5-2-6-17-36/h1-30H,31H2. The van der Waals surface area contributed by atoms with E-state index in [2.05, 4.69) is 156 Å². The molecule has 266 valence electrons. The smallest absolute Gasteiger partial charge is 0.164 e. The van der Waals surface area contributed by atoms with Gasteiger partial charge < -0.3 is 8.98 Å². The summed E-state index contributed by atoms with van der Waals surface area (Å²) in [5.41, 5.74) is 15.3. The second-order valence-electron chi connectivity index (χ2n) is 14.7. The maximum atomic E-state index is 6.54. The van der Waals surface area contributed by atoms with Crippen LogP contribution in [0.1, 0.15) is 11.1 Å². The van der Waals surface area contributed by atoms with Gasteiger partial charge >= 0.3 is 0 Å². The van der Waals surface area contributed by atoms with Crippen molar-refractivity contribution >= 4 is 43.7 Å². The number of rotatable bonds is 5. The molecule has 12 rings (SSSR count). The monoisotopic (exact) mass is 728 g/mol. The summed E-state index contributed by atoms with van der Waals surface area (Å²) in [6.45, 7) is 0. The highest BCUT2D eigenvalue weighted by atomic mass is 16.3. The maximum absolute atomic E-state index is 6.54. The zero-order valence-electron chi connectivity index (χ0n) is 30.7. The average Bonchev–Trinajstić information content (AvgIpc) is 3.96. The van der Waals surface area contributed by atoms with Gasteiger partial charge in [0.15, 0.2) is 17.5 Å². The van der Waals surface area contributed by atoms with Gasteiger partial charge in [-0.25, -0.2) is 15.0 Å². The predicted octanol–water partition coefficient (Wildman–Crippen LogP) is 13.1. The first-order valence-corrected chi connectivity index (χ1v) is 19.3. The van der Waals surface area contributed by atoms with Crippen molar-refractivity contribution in [2.75, 3.05) is 0 Å². The van der Waals surface area contributed by atoms with Crippen LogP contribution in [0.5, 0.6) is 0 Å². The Morgan fingerprint density at radius 3 is 1.91 bits per heavy atom. The summed E-state index contributed by atoms with van der Waals surface area (Å²) in [7, 11) is 0. The molecule has 0 N–H and O–H groups in total. The van der Waals surface area contributed by atoms with Gasteiger partial charge in [0.25, 0.3) is 0 Å². The fourth-order valence-electron chi connectivity index (χ4n) is 8.90. The Balaban J connectivity index is 1.04. The van der Waals surface area contributed by atoms with E-state index in [0.29, 0.717) is 17.5 Å². The Morgan fingerprint density at radius 2 is 1.04 bits per heavy atom. The van der Waals surface area contributed by atoms with E-state index in [1.54, 1.807) is 0 Å². The largest absolute Gasteiger partial charge is 0.456 e. The van der Waals surface area contributed by atoms with Crippen LogP contribution in [0.15, 0.2) is 186 Å². The molecule has 5 nitrogen and oxygen atoms in total. The van der Waals surface area contributed by atoms with Crippen molar-refractivity contribution in [2.45, 2.75) is 6.42 Å². The van der Waals surface area contributed by atoms with Gasteiger partial charge in [0.2, 0.25) is 0 Å². The van der Waals surface area contributed by atoms with Gasteiger partial charge in [0.05, 0.1) is 11.0 Å². The molecule has 0 amide bonds. The van der Waals surface area contributed by atoms with Crippen molar-refractivity contribution in [1.82, 2.24) is 19.5 Å². The molecular formula is C52H32N4O. The van der Waals surface area contributed by atoms with Crippen molar-refractivity contribution in [3.63, 3.8) is 0 Å². The van der Waals surface area contributed by atoms with Crippen molar-refractivity contribution in [3.05, 3.63) is 193 Å². The van der Waals surface area contributed by atoms with Gasteiger partial charge in [-0.2, -0.15) is 0 Å². The van der Waals surface area contributed by atoms with Gasteiger partial charge in [0, 0.05) is 43.9 Å². The average molecular weight is 729 g/mol. The molecule has 3 aromatic heterocycles. The number of aromatic nitrogens is 4. The number of hydrogen-bond donors (Lipinski definition) is 0. The predicted molar refractivity (Wildman–Crippen MR) is 231 cm³/mol. The minimum Gasteiger partial charge on any atom is -0.456 e. The summed E-state index contributed by atoms with van der Waals surface area (Å²) in [5.74, 6) is 1.91. The molecule has 0 fully saturated rings. The molecule has 3 heterocycles. The van der Waals surface area contributed by atoms with Gasteiger partial charge in [-0.05, 0) is 88.3 Å². The number of hydrogen-bond acceptors (Lipinski definition) is 4. The molecule has 0 saturated carbocycles. The topological polar surface area (TPSA) is 56.7 Å². The number of furan rings is 1. The number of para-hydroxylation sites is 2. The SMILES string of the molecule is c1ccc(-c2nc(-c3cccc4c3Cc3ccccc3-4)nc(-c3cccc4oc5ccc(-c6ccc7c(c6)c6ccccc6n7-c6ccccc6)cc5c34)n2)cc1. The van der Waals surface area contributed by atoms with Crippen LogP contribution in [0, 0.1) is 0 Å². The molecule has 0 aliphatic heterocycles. The molecule has 1 aliphatic carbocycles. The third-order valence-electron chi connectivity index (χ3n) is 11.5. The lowest BCUT2D eigenvalue weighted by Gasteiger charge is -2.12. The number of fused-ring (bicyclic) bond motifs is 9.